The van der Waals surface area contributed by atoms with E-state index in [-0.39, 0.29) is 29.5 Å². The summed E-state index contributed by atoms with van der Waals surface area (Å²) < 4.78 is 49.0. The minimum atomic E-state index is -3.59. The van der Waals surface area contributed by atoms with Crippen LogP contribution in [-0.4, -0.2) is 45.7 Å². The lowest BCUT2D eigenvalue weighted by Crippen LogP contribution is -2.43. The van der Waals surface area contributed by atoms with E-state index in [1.807, 2.05) is 6.07 Å². The molecule has 110 valence electrons. The van der Waals surface area contributed by atoms with Crippen molar-refractivity contribution in [2.24, 2.45) is 0 Å². The molecule has 2 aliphatic heterocycles. The van der Waals surface area contributed by atoms with Crippen molar-refractivity contribution >= 4 is 19.9 Å². The third-order valence-corrected chi connectivity index (χ3v) is 7.25. The summed E-state index contributed by atoms with van der Waals surface area (Å²) in [4.78, 5) is 0.249. The van der Waals surface area contributed by atoms with E-state index in [0.717, 1.165) is 17.7 Å². The molecule has 1 N–H and O–H groups in total. The first-order chi connectivity index (χ1) is 9.38. The summed E-state index contributed by atoms with van der Waals surface area (Å²) in [5.74, 6) is -0.197. The molecule has 0 atom stereocenters. The topological polar surface area (TPSA) is 83.6 Å². The standard InChI is InChI=1S/C12H16N2O4S2/c15-19(16)5-3-14(4-6-19)20(17,18)12-2-1-10-8-13-9-11(10)7-12/h1-2,7,13H,3-6,8-9H2. The fourth-order valence-corrected chi connectivity index (χ4v) is 5.44. The smallest absolute Gasteiger partial charge is 0.243 e. The van der Waals surface area contributed by atoms with E-state index < -0.39 is 19.9 Å². The Morgan fingerprint density at radius 1 is 1.05 bits per heavy atom. The van der Waals surface area contributed by atoms with Gasteiger partial charge >= 0.3 is 0 Å². The number of hydrogen-bond donors (Lipinski definition) is 1. The molecule has 1 aromatic rings. The summed E-state index contributed by atoms with van der Waals surface area (Å²) in [6.07, 6.45) is 0. The number of hydrogen-bond acceptors (Lipinski definition) is 5. The van der Waals surface area contributed by atoms with Crippen molar-refractivity contribution in [2.75, 3.05) is 24.6 Å². The van der Waals surface area contributed by atoms with Crippen molar-refractivity contribution < 1.29 is 16.8 Å². The molecule has 1 aromatic carbocycles. The van der Waals surface area contributed by atoms with Crippen LogP contribution < -0.4 is 5.32 Å². The van der Waals surface area contributed by atoms with Crippen LogP contribution in [0.5, 0.6) is 0 Å². The molecule has 0 aromatic heterocycles. The molecule has 0 radical (unpaired) electrons. The summed E-state index contributed by atoms with van der Waals surface area (Å²) in [6, 6.07) is 5.11. The third kappa shape index (κ3) is 2.48. The van der Waals surface area contributed by atoms with Gasteiger partial charge in [-0.25, -0.2) is 16.8 Å². The molecular weight excluding hydrogens is 300 g/mol. The molecule has 8 heteroatoms. The van der Waals surface area contributed by atoms with Gasteiger partial charge in [-0.15, -0.1) is 0 Å². The van der Waals surface area contributed by atoms with E-state index >= 15 is 0 Å². The van der Waals surface area contributed by atoms with Gasteiger partial charge < -0.3 is 5.32 Å². The fourth-order valence-electron chi connectivity index (χ4n) is 2.52. The summed E-state index contributed by atoms with van der Waals surface area (Å²) in [5, 5.41) is 3.17. The van der Waals surface area contributed by atoms with Crippen molar-refractivity contribution in [3.05, 3.63) is 29.3 Å². The summed E-state index contributed by atoms with van der Waals surface area (Å²) in [5.41, 5.74) is 2.11. The number of nitrogens with one attached hydrogen (secondary N) is 1. The van der Waals surface area contributed by atoms with Crippen LogP contribution in [0.15, 0.2) is 23.1 Å². The fraction of sp³-hybridized carbons (Fsp3) is 0.500. The Balaban J connectivity index is 1.89. The van der Waals surface area contributed by atoms with E-state index in [9.17, 15) is 16.8 Å². The minimum Gasteiger partial charge on any atom is -0.309 e. The highest BCUT2D eigenvalue weighted by Gasteiger charge is 2.31. The maximum absolute atomic E-state index is 12.5. The second-order valence-electron chi connectivity index (χ2n) is 5.09. The van der Waals surface area contributed by atoms with Crippen molar-refractivity contribution in [3.8, 4) is 0 Å². The number of sulfonamides is 1. The Morgan fingerprint density at radius 3 is 2.40 bits per heavy atom. The van der Waals surface area contributed by atoms with Gasteiger partial charge in [-0.05, 0) is 23.3 Å². The first-order valence-corrected chi connectivity index (χ1v) is 9.68. The van der Waals surface area contributed by atoms with E-state index in [4.69, 9.17) is 0 Å². The highest BCUT2D eigenvalue weighted by molar-refractivity contribution is 7.92. The zero-order valence-electron chi connectivity index (χ0n) is 10.9. The molecule has 0 unspecified atom stereocenters. The molecule has 2 heterocycles. The van der Waals surface area contributed by atoms with Crippen LogP contribution in [-0.2, 0) is 33.0 Å². The highest BCUT2D eigenvalue weighted by Crippen LogP contribution is 2.23. The Hall–Kier alpha value is -0.960. The SMILES string of the molecule is O=S1(=O)CCN(S(=O)(=O)c2ccc3c(c2)CNC3)CC1. The van der Waals surface area contributed by atoms with Crippen LogP contribution in [0.25, 0.3) is 0 Å². The van der Waals surface area contributed by atoms with Gasteiger partial charge in [-0.3, -0.25) is 0 Å². The normalized spacial score (nSPS) is 22.6. The largest absolute Gasteiger partial charge is 0.309 e. The van der Waals surface area contributed by atoms with Gasteiger partial charge in [-0.1, -0.05) is 6.07 Å². The number of rotatable bonds is 2. The lowest BCUT2D eigenvalue weighted by atomic mass is 10.1. The van der Waals surface area contributed by atoms with Crippen molar-refractivity contribution in [3.63, 3.8) is 0 Å². The minimum absolute atomic E-state index is 0.0417. The van der Waals surface area contributed by atoms with Crippen molar-refractivity contribution in [2.45, 2.75) is 18.0 Å². The summed E-state index contributed by atoms with van der Waals surface area (Å²) in [6.45, 7) is 1.52. The van der Waals surface area contributed by atoms with E-state index in [2.05, 4.69) is 5.32 Å². The van der Waals surface area contributed by atoms with Crippen LogP contribution in [0, 0.1) is 0 Å². The quantitative estimate of drug-likeness (QED) is 0.810. The first-order valence-electron chi connectivity index (χ1n) is 6.42. The molecule has 0 spiro atoms. The maximum Gasteiger partial charge on any atom is 0.243 e. The number of nitrogens with zero attached hydrogens (tertiary/aromatic N) is 1. The van der Waals surface area contributed by atoms with Crippen LogP contribution in [0.1, 0.15) is 11.1 Å². The zero-order valence-corrected chi connectivity index (χ0v) is 12.5. The maximum atomic E-state index is 12.5. The van der Waals surface area contributed by atoms with E-state index in [1.54, 1.807) is 12.1 Å². The van der Waals surface area contributed by atoms with Crippen molar-refractivity contribution in [1.29, 1.82) is 0 Å². The van der Waals surface area contributed by atoms with Crippen LogP contribution in [0.3, 0.4) is 0 Å². The van der Waals surface area contributed by atoms with E-state index in [1.165, 1.54) is 4.31 Å². The number of fused-ring (bicyclic) bond motifs is 1. The Labute approximate surface area is 118 Å². The molecule has 0 bridgehead atoms. The third-order valence-electron chi connectivity index (χ3n) is 3.75. The Morgan fingerprint density at radius 2 is 1.70 bits per heavy atom. The van der Waals surface area contributed by atoms with Gasteiger partial charge in [0.15, 0.2) is 9.84 Å². The molecular formula is C12H16N2O4S2. The zero-order chi connectivity index (χ0) is 14.4. The molecule has 6 nitrogen and oxygen atoms in total. The van der Waals surface area contributed by atoms with Crippen molar-refractivity contribution in [1.82, 2.24) is 9.62 Å². The molecule has 20 heavy (non-hydrogen) atoms. The van der Waals surface area contributed by atoms with Gasteiger partial charge in [0.25, 0.3) is 0 Å². The Bertz CT molecular complexity index is 727. The highest BCUT2D eigenvalue weighted by atomic mass is 32.2. The second kappa shape index (κ2) is 4.80. The van der Waals surface area contributed by atoms with Crippen LogP contribution in [0.4, 0.5) is 0 Å². The summed E-state index contributed by atoms with van der Waals surface area (Å²) in [7, 11) is -6.68. The van der Waals surface area contributed by atoms with Gasteiger partial charge in [0.05, 0.1) is 16.4 Å². The van der Waals surface area contributed by atoms with Crippen LogP contribution >= 0.6 is 0 Å². The van der Waals surface area contributed by atoms with Crippen LogP contribution in [0.2, 0.25) is 0 Å². The van der Waals surface area contributed by atoms with Gasteiger partial charge in [0, 0.05) is 26.2 Å². The molecule has 2 aliphatic rings. The average molecular weight is 316 g/mol. The molecule has 0 amide bonds. The van der Waals surface area contributed by atoms with Gasteiger partial charge in [0.2, 0.25) is 10.0 Å². The monoisotopic (exact) mass is 316 g/mol. The molecule has 1 saturated heterocycles. The molecule has 1 fully saturated rings. The predicted octanol–water partition coefficient (Wildman–Crippen LogP) is -0.291. The lowest BCUT2D eigenvalue weighted by Gasteiger charge is -2.26. The molecule has 0 aliphatic carbocycles. The average Bonchev–Trinajstić information content (AvgIpc) is 2.85. The van der Waals surface area contributed by atoms with E-state index in [0.29, 0.717) is 6.54 Å². The second-order valence-corrected chi connectivity index (χ2v) is 9.33. The molecule has 0 saturated carbocycles. The predicted molar refractivity (Wildman–Crippen MR) is 74.4 cm³/mol. The molecule has 3 rings (SSSR count). The summed E-state index contributed by atoms with van der Waals surface area (Å²) >= 11 is 0. The Kier molecular flexibility index (Phi) is 3.36. The lowest BCUT2D eigenvalue weighted by molar-refractivity contribution is 0.430. The first kappa shape index (κ1) is 14.0. The number of sulfone groups is 1. The number of benzene rings is 1. The van der Waals surface area contributed by atoms with Gasteiger partial charge in [0.1, 0.15) is 0 Å². The van der Waals surface area contributed by atoms with Gasteiger partial charge in [-0.2, -0.15) is 4.31 Å².